The number of nitrogens with zero attached hydrogens (tertiary/aromatic N) is 3. The van der Waals surface area contributed by atoms with Crippen molar-refractivity contribution in [1.82, 2.24) is 9.97 Å². The van der Waals surface area contributed by atoms with Crippen molar-refractivity contribution in [3.63, 3.8) is 0 Å². The molecule has 0 aliphatic carbocycles. The molecule has 0 radical (unpaired) electrons. The van der Waals surface area contributed by atoms with Crippen LogP contribution in [-0.4, -0.2) is 66.9 Å². The molecule has 2 N–H and O–H groups in total. The van der Waals surface area contributed by atoms with Crippen LogP contribution in [0, 0.1) is 24.1 Å². The molecule has 0 spiro atoms. The van der Waals surface area contributed by atoms with Gasteiger partial charge in [0.25, 0.3) is 6.47 Å². The van der Waals surface area contributed by atoms with E-state index in [1.54, 1.807) is 6.20 Å². The second-order valence-electron chi connectivity index (χ2n) is 13.4. The molecule has 0 saturated carbocycles. The number of anilines is 1. The molecule has 54 heavy (non-hydrogen) atoms. The predicted octanol–water partition coefficient (Wildman–Crippen LogP) is 9.64. The van der Waals surface area contributed by atoms with Gasteiger partial charge in [0.05, 0.1) is 29.2 Å². The topological polar surface area (TPSA) is 139 Å². The zero-order valence-corrected chi connectivity index (χ0v) is 33.6. The van der Waals surface area contributed by atoms with Gasteiger partial charge in [-0.3, -0.25) is 14.8 Å². The number of aliphatic hydroxyl groups is 1. The van der Waals surface area contributed by atoms with Crippen molar-refractivity contribution in [2.75, 3.05) is 31.2 Å². The van der Waals surface area contributed by atoms with E-state index in [1.165, 1.54) is 30.3 Å². The van der Waals surface area contributed by atoms with Crippen LogP contribution in [0.25, 0.3) is 11.3 Å². The molecule has 1 aliphatic heterocycles. The van der Waals surface area contributed by atoms with Gasteiger partial charge in [-0.2, -0.15) is 21.6 Å². The fourth-order valence-corrected chi connectivity index (χ4v) is 5.65. The summed E-state index contributed by atoms with van der Waals surface area (Å²) in [6.07, 6.45) is 9.62. The van der Waals surface area contributed by atoms with E-state index >= 15 is 0 Å². The van der Waals surface area contributed by atoms with Gasteiger partial charge in [0.1, 0.15) is 11.6 Å². The Kier molecular flexibility index (Phi) is 20.8. The van der Waals surface area contributed by atoms with Gasteiger partial charge >= 0.3 is 15.6 Å². The number of rotatable bonds is 12. The number of carbonyl (C=O) groups is 1. The van der Waals surface area contributed by atoms with Gasteiger partial charge in [0, 0.05) is 37.2 Å². The lowest BCUT2D eigenvalue weighted by Gasteiger charge is -2.40. The third kappa shape index (κ3) is 16.0. The Bertz CT molecular complexity index is 1670. The normalized spacial score (nSPS) is 14.2. The maximum Gasteiger partial charge on any atom is 0.534 e. The molecule has 1 unspecified atom stereocenters. The van der Waals surface area contributed by atoms with Crippen LogP contribution in [0.5, 0.6) is 11.5 Å². The third-order valence-corrected chi connectivity index (χ3v) is 9.69. The Hall–Kier alpha value is -3.69. The second kappa shape index (κ2) is 23.3. The average molecular weight is 808 g/mol. The fourth-order valence-electron chi connectivity index (χ4n) is 4.98. The second-order valence-corrected chi connectivity index (χ2v) is 15.4. The highest BCUT2D eigenvalue weighted by atomic mass is 35.5. The van der Waals surface area contributed by atoms with Crippen molar-refractivity contribution in [2.24, 2.45) is 11.3 Å². The van der Waals surface area contributed by atoms with Gasteiger partial charge in [0.15, 0.2) is 5.75 Å². The number of ether oxygens (including phenoxy) is 1. The van der Waals surface area contributed by atoms with Crippen LogP contribution in [0.3, 0.4) is 0 Å². The SMILES string of the molecule is CCC(C)Cc1c(C)ncc(-c2ccc(OS(=O)(=O)C(F)(F)F)cn2)c1N1CCC(C)(C)CC1.CCCCO.CCCOc1ccc(F)cc1Cl.O=CO. The van der Waals surface area contributed by atoms with E-state index in [0.717, 1.165) is 86.7 Å². The number of alkyl halides is 3. The van der Waals surface area contributed by atoms with Crippen LogP contribution >= 0.6 is 11.6 Å². The Labute approximate surface area is 322 Å². The first-order valence-electron chi connectivity index (χ1n) is 17.8. The summed E-state index contributed by atoms with van der Waals surface area (Å²) in [5.74, 6) is 0.151. The molecule has 1 fully saturated rings. The number of carboxylic acid groups (broad SMARTS) is 1. The van der Waals surface area contributed by atoms with Crippen molar-refractivity contribution in [1.29, 1.82) is 0 Å². The summed E-state index contributed by atoms with van der Waals surface area (Å²) in [5.41, 5.74) is -0.840. The number of aryl methyl sites for hydroxylation is 1. The monoisotopic (exact) mass is 807 g/mol. The molecule has 304 valence electrons. The molecule has 4 rings (SSSR count). The number of aliphatic hydroxyl groups excluding tert-OH is 1. The Morgan fingerprint density at radius 3 is 2.15 bits per heavy atom. The number of benzene rings is 1. The molecule has 10 nitrogen and oxygen atoms in total. The maximum atomic E-state index is 12.6. The Balaban J connectivity index is 0.000000596. The van der Waals surface area contributed by atoms with E-state index < -0.39 is 21.4 Å². The minimum atomic E-state index is -5.75. The Morgan fingerprint density at radius 2 is 1.69 bits per heavy atom. The number of hydrogen-bond acceptors (Lipinski definition) is 9. The number of unbranched alkanes of at least 4 members (excludes halogenated alkanes) is 1. The summed E-state index contributed by atoms with van der Waals surface area (Å²) < 4.78 is 82.5. The molecule has 1 atom stereocenters. The van der Waals surface area contributed by atoms with Gasteiger partial charge in [-0.25, -0.2) is 4.39 Å². The molecular formula is C38H54ClF4N3O7S. The van der Waals surface area contributed by atoms with E-state index in [9.17, 15) is 26.0 Å². The molecule has 0 bridgehead atoms. The third-order valence-electron chi connectivity index (χ3n) is 8.42. The molecule has 2 aromatic heterocycles. The summed E-state index contributed by atoms with van der Waals surface area (Å²) in [6, 6.07) is 6.76. The minimum absolute atomic E-state index is 0.250. The summed E-state index contributed by atoms with van der Waals surface area (Å²) in [7, 11) is -5.75. The van der Waals surface area contributed by atoms with Crippen molar-refractivity contribution in [3.05, 3.63) is 64.8 Å². The lowest BCUT2D eigenvalue weighted by atomic mass is 9.82. The summed E-state index contributed by atoms with van der Waals surface area (Å²) in [6.45, 7) is 17.4. The quantitative estimate of drug-likeness (QED) is 0.0787. The van der Waals surface area contributed by atoms with Crippen molar-refractivity contribution >= 4 is 33.9 Å². The number of aromatic nitrogens is 2. The van der Waals surface area contributed by atoms with Gasteiger partial charge in [-0.05, 0) is 86.3 Å². The van der Waals surface area contributed by atoms with Crippen LogP contribution in [-0.2, 0) is 21.3 Å². The lowest BCUT2D eigenvalue weighted by Crippen LogP contribution is -2.38. The highest BCUT2D eigenvalue weighted by molar-refractivity contribution is 7.88. The number of halogens is 5. The van der Waals surface area contributed by atoms with Crippen LogP contribution in [0.15, 0.2) is 42.7 Å². The van der Waals surface area contributed by atoms with Gasteiger partial charge in [-0.15, -0.1) is 0 Å². The average Bonchev–Trinajstić information content (AvgIpc) is 3.10. The largest absolute Gasteiger partial charge is 0.534 e. The van der Waals surface area contributed by atoms with Crippen LogP contribution in [0.4, 0.5) is 23.2 Å². The van der Waals surface area contributed by atoms with Crippen LogP contribution in [0.1, 0.15) is 91.3 Å². The van der Waals surface area contributed by atoms with Gasteiger partial charge < -0.3 is 24.0 Å². The predicted molar refractivity (Wildman–Crippen MR) is 204 cm³/mol. The van der Waals surface area contributed by atoms with Crippen LogP contribution in [0.2, 0.25) is 5.02 Å². The number of hydrogen-bond donors (Lipinski definition) is 2. The smallest absolute Gasteiger partial charge is 0.492 e. The highest BCUT2D eigenvalue weighted by Gasteiger charge is 2.48. The molecule has 1 aromatic carbocycles. The van der Waals surface area contributed by atoms with E-state index in [4.69, 9.17) is 31.3 Å². The molecule has 1 aliphatic rings. The van der Waals surface area contributed by atoms with Crippen molar-refractivity contribution in [3.8, 4) is 22.8 Å². The summed E-state index contributed by atoms with van der Waals surface area (Å²) in [5, 5.41) is 15.3. The maximum absolute atomic E-state index is 12.6. The van der Waals surface area contributed by atoms with Gasteiger partial charge in [-0.1, -0.05) is 66.0 Å². The van der Waals surface area contributed by atoms with E-state index in [0.29, 0.717) is 35.6 Å². The standard InChI is InChI=1S/C24H32F3N3O3S.C9H10ClFO.C4H10O.CH2O2/c1-6-16(2)13-19-17(3)28-15-20(22(19)30-11-9-23(4,5)10-12-30)21-8-7-18(14-29-21)33-34(31,32)24(25,26)27;1-2-5-12-9-4-3-7(11)6-8(9)10;1-2-3-4-5;2-1-3/h7-8,14-16H,6,9-13H2,1-5H3;3-4,6H,2,5H2,1H3;5H,2-4H2,1H3;1H,(H,2,3). The van der Waals surface area contributed by atoms with E-state index in [-0.39, 0.29) is 17.7 Å². The minimum Gasteiger partial charge on any atom is -0.492 e. The molecular weight excluding hydrogens is 754 g/mol. The van der Waals surface area contributed by atoms with Crippen molar-refractivity contribution < 1.29 is 49.9 Å². The first kappa shape index (κ1) is 48.3. The molecule has 1 saturated heterocycles. The molecule has 3 aromatic rings. The van der Waals surface area contributed by atoms with E-state index in [2.05, 4.69) is 53.7 Å². The first-order chi connectivity index (χ1) is 25.3. The van der Waals surface area contributed by atoms with E-state index in [1.807, 2.05) is 13.8 Å². The molecule has 3 heterocycles. The lowest BCUT2D eigenvalue weighted by molar-refractivity contribution is -0.122. The fraction of sp³-hybridized carbons (Fsp3) is 0.553. The van der Waals surface area contributed by atoms with Crippen molar-refractivity contribution in [2.45, 2.75) is 98.9 Å². The number of pyridine rings is 2. The van der Waals surface area contributed by atoms with Crippen LogP contribution < -0.4 is 13.8 Å². The molecule has 16 heteroatoms. The zero-order chi connectivity index (χ0) is 41.1. The first-order valence-corrected chi connectivity index (χ1v) is 19.6. The highest BCUT2D eigenvalue weighted by Crippen LogP contribution is 2.40. The Morgan fingerprint density at radius 1 is 1.06 bits per heavy atom. The summed E-state index contributed by atoms with van der Waals surface area (Å²) in [4.78, 5) is 19.6. The zero-order valence-electron chi connectivity index (χ0n) is 32.0. The summed E-state index contributed by atoms with van der Waals surface area (Å²) >= 11 is 5.70. The van der Waals surface area contributed by atoms with Gasteiger partial charge in [0.2, 0.25) is 0 Å². The number of piperidine rings is 1. The molecule has 0 amide bonds.